The predicted molar refractivity (Wildman–Crippen MR) is 88.3 cm³/mol. The summed E-state index contributed by atoms with van der Waals surface area (Å²) in [5, 5.41) is 11.5. The smallest absolute Gasteiger partial charge is 0.174 e. The van der Waals surface area contributed by atoms with Crippen LogP contribution in [0.5, 0.6) is 0 Å². The summed E-state index contributed by atoms with van der Waals surface area (Å²) in [6, 6.07) is 0. The fourth-order valence-electron chi connectivity index (χ4n) is 6.95. The Labute approximate surface area is 135 Å². The van der Waals surface area contributed by atoms with Crippen LogP contribution in [0.3, 0.4) is 0 Å². The second kappa shape index (κ2) is 4.19. The molecular formula is C20H32O2. The molecular weight excluding hydrogens is 272 g/mol. The third-order valence-electron chi connectivity index (χ3n) is 7.92. The van der Waals surface area contributed by atoms with E-state index >= 15 is 0 Å². The van der Waals surface area contributed by atoms with Crippen molar-refractivity contribution in [2.24, 2.45) is 28.6 Å². The molecule has 0 aromatic heterocycles. The first kappa shape index (κ1) is 15.2. The van der Waals surface area contributed by atoms with Crippen molar-refractivity contribution in [3.8, 4) is 0 Å². The van der Waals surface area contributed by atoms with E-state index < -0.39 is 5.79 Å². The lowest BCUT2D eigenvalue weighted by Gasteiger charge is -2.61. The second-order valence-corrected chi connectivity index (χ2v) is 9.83. The molecule has 0 unspecified atom stereocenters. The standard InChI is InChI=1S/C20H32O2/c1-13-11-20(21)16-14(12-19(13,5)22-20)7-8-15-17(2,3)9-6-10-18(15,16)4/h12-13,15-16,21H,6-11H2,1-5H3/t13-,15-,16-,18-,19-,20-/m0/s1. The fraction of sp³-hybridized carbons (Fsp3) is 0.900. The summed E-state index contributed by atoms with van der Waals surface area (Å²) < 4.78 is 6.32. The molecule has 0 spiro atoms. The van der Waals surface area contributed by atoms with Gasteiger partial charge in [-0.3, -0.25) is 0 Å². The fourth-order valence-corrected chi connectivity index (χ4v) is 6.95. The van der Waals surface area contributed by atoms with Gasteiger partial charge in [-0.2, -0.15) is 0 Å². The minimum atomic E-state index is -0.931. The highest BCUT2D eigenvalue weighted by Crippen LogP contribution is 2.67. The van der Waals surface area contributed by atoms with Crippen LogP contribution >= 0.6 is 0 Å². The molecule has 2 aliphatic heterocycles. The van der Waals surface area contributed by atoms with Crippen LogP contribution in [-0.2, 0) is 4.74 Å². The average molecular weight is 304 g/mol. The first-order valence-electron chi connectivity index (χ1n) is 9.25. The van der Waals surface area contributed by atoms with Gasteiger partial charge in [-0.1, -0.05) is 45.8 Å². The van der Waals surface area contributed by atoms with Crippen LogP contribution in [0, 0.1) is 28.6 Å². The zero-order chi connectivity index (χ0) is 16.0. The van der Waals surface area contributed by atoms with Gasteiger partial charge in [0, 0.05) is 12.3 Å². The van der Waals surface area contributed by atoms with Crippen molar-refractivity contribution in [1.29, 1.82) is 0 Å². The molecule has 3 fully saturated rings. The van der Waals surface area contributed by atoms with Crippen LogP contribution < -0.4 is 0 Å². The predicted octanol–water partition coefficient (Wildman–Crippen LogP) is 4.67. The second-order valence-electron chi connectivity index (χ2n) is 9.83. The molecule has 124 valence electrons. The van der Waals surface area contributed by atoms with Crippen LogP contribution in [-0.4, -0.2) is 16.5 Å². The average Bonchev–Trinajstić information content (AvgIpc) is 2.52. The Morgan fingerprint density at radius 1 is 1.18 bits per heavy atom. The molecule has 0 aromatic carbocycles. The van der Waals surface area contributed by atoms with Gasteiger partial charge >= 0.3 is 0 Å². The molecule has 2 heteroatoms. The van der Waals surface area contributed by atoms with E-state index in [-0.39, 0.29) is 16.9 Å². The van der Waals surface area contributed by atoms with Crippen LogP contribution in [0.4, 0.5) is 0 Å². The largest absolute Gasteiger partial charge is 0.365 e. The first-order chi connectivity index (χ1) is 10.1. The monoisotopic (exact) mass is 304 g/mol. The molecule has 0 aromatic rings. The summed E-state index contributed by atoms with van der Waals surface area (Å²) in [6.07, 6.45) is 9.47. The zero-order valence-corrected chi connectivity index (χ0v) is 14.9. The molecule has 0 amide bonds. The minimum absolute atomic E-state index is 0.186. The zero-order valence-electron chi connectivity index (χ0n) is 14.9. The summed E-state index contributed by atoms with van der Waals surface area (Å²) in [4.78, 5) is 0. The summed E-state index contributed by atoms with van der Waals surface area (Å²) in [6.45, 7) is 11.7. The quantitative estimate of drug-likeness (QED) is 0.659. The molecule has 2 aliphatic carbocycles. The number of hydrogen-bond donors (Lipinski definition) is 1. The van der Waals surface area contributed by atoms with Crippen molar-refractivity contribution in [1.82, 2.24) is 0 Å². The maximum atomic E-state index is 11.5. The summed E-state index contributed by atoms with van der Waals surface area (Å²) >= 11 is 0. The molecule has 0 radical (unpaired) electrons. The van der Waals surface area contributed by atoms with Gasteiger partial charge in [-0.05, 0) is 55.3 Å². The molecule has 1 saturated heterocycles. The molecule has 6 atom stereocenters. The number of rotatable bonds is 0. The van der Waals surface area contributed by atoms with Gasteiger partial charge in [-0.25, -0.2) is 0 Å². The molecule has 4 rings (SSSR count). The maximum absolute atomic E-state index is 11.5. The topological polar surface area (TPSA) is 29.5 Å². The van der Waals surface area contributed by atoms with Gasteiger partial charge in [-0.15, -0.1) is 0 Å². The van der Waals surface area contributed by atoms with Gasteiger partial charge < -0.3 is 9.84 Å². The van der Waals surface area contributed by atoms with Crippen LogP contribution in [0.25, 0.3) is 0 Å². The van der Waals surface area contributed by atoms with E-state index in [1.807, 2.05) is 0 Å². The maximum Gasteiger partial charge on any atom is 0.174 e. The highest BCUT2D eigenvalue weighted by molar-refractivity contribution is 5.31. The number of hydrogen-bond acceptors (Lipinski definition) is 2. The molecule has 22 heavy (non-hydrogen) atoms. The molecule has 2 heterocycles. The third kappa shape index (κ3) is 1.74. The van der Waals surface area contributed by atoms with Gasteiger partial charge in [0.15, 0.2) is 5.79 Å². The number of fused-ring (bicyclic) bond motifs is 6. The van der Waals surface area contributed by atoms with Crippen molar-refractivity contribution in [3.05, 3.63) is 11.6 Å². The van der Waals surface area contributed by atoms with Crippen molar-refractivity contribution >= 4 is 0 Å². The number of ether oxygens (including phenoxy) is 1. The molecule has 2 bridgehead atoms. The van der Waals surface area contributed by atoms with Crippen LogP contribution in [0.15, 0.2) is 11.6 Å². The molecule has 2 nitrogen and oxygen atoms in total. The van der Waals surface area contributed by atoms with Gasteiger partial charge in [0.25, 0.3) is 0 Å². The lowest BCUT2D eigenvalue weighted by atomic mass is 9.46. The minimum Gasteiger partial charge on any atom is -0.365 e. The van der Waals surface area contributed by atoms with E-state index in [0.717, 1.165) is 12.8 Å². The van der Waals surface area contributed by atoms with Crippen molar-refractivity contribution < 1.29 is 9.84 Å². The van der Waals surface area contributed by atoms with E-state index in [9.17, 15) is 5.11 Å². The van der Waals surface area contributed by atoms with E-state index in [0.29, 0.717) is 17.3 Å². The Balaban J connectivity index is 1.83. The molecule has 2 saturated carbocycles. The summed E-state index contributed by atoms with van der Waals surface area (Å²) in [5.74, 6) is 0.369. The first-order valence-corrected chi connectivity index (χ1v) is 9.25. The van der Waals surface area contributed by atoms with E-state index in [1.165, 1.54) is 31.3 Å². The Morgan fingerprint density at radius 3 is 2.64 bits per heavy atom. The Morgan fingerprint density at radius 2 is 1.91 bits per heavy atom. The number of aliphatic hydroxyl groups is 1. The molecule has 4 aliphatic rings. The lowest BCUT2D eigenvalue weighted by Crippen LogP contribution is -2.59. The summed E-state index contributed by atoms with van der Waals surface area (Å²) in [7, 11) is 0. The Hall–Kier alpha value is -0.340. The third-order valence-corrected chi connectivity index (χ3v) is 7.92. The lowest BCUT2D eigenvalue weighted by molar-refractivity contribution is -0.277. The van der Waals surface area contributed by atoms with Crippen molar-refractivity contribution in [2.45, 2.75) is 84.5 Å². The van der Waals surface area contributed by atoms with Crippen LogP contribution in [0.2, 0.25) is 0 Å². The molecule has 1 N–H and O–H groups in total. The van der Waals surface area contributed by atoms with Gasteiger partial charge in [0.05, 0.1) is 5.60 Å². The SMILES string of the molecule is C[C@H]1C[C@]2(O)O[C@@]1(C)C=C1CC[C@H]3C(C)(C)CCC[C@]3(C)[C@H]12. The van der Waals surface area contributed by atoms with Crippen molar-refractivity contribution in [3.63, 3.8) is 0 Å². The van der Waals surface area contributed by atoms with Crippen LogP contribution in [0.1, 0.15) is 73.1 Å². The van der Waals surface area contributed by atoms with E-state index in [4.69, 9.17) is 4.74 Å². The summed E-state index contributed by atoms with van der Waals surface area (Å²) in [5.41, 5.74) is 1.82. The normalized spacial score (nSPS) is 56.1. The Kier molecular flexibility index (Phi) is 2.89. The Bertz CT molecular complexity index is 536. The van der Waals surface area contributed by atoms with Gasteiger partial charge in [0.2, 0.25) is 0 Å². The highest BCUT2D eigenvalue weighted by Gasteiger charge is 2.66. The van der Waals surface area contributed by atoms with Gasteiger partial charge in [0.1, 0.15) is 0 Å². The van der Waals surface area contributed by atoms with E-state index in [1.54, 1.807) is 0 Å². The van der Waals surface area contributed by atoms with E-state index in [2.05, 4.69) is 40.7 Å². The van der Waals surface area contributed by atoms with Crippen molar-refractivity contribution in [2.75, 3.05) is 0 Å². The highest BCUT2D eigenvalue weighted by atomic mass is 16.6.